The van der Waals surface area contributed by atoms with Gasteiger partial charge in [0.25, 0.3) is 5.91 Å². The van der Waals surface area contributed by atoms with E-state index in [1.165, 1.54) is 18.3 Å². The molecule has 2 unspecified atom stereocenters. The normalized spacial score (nSPS) is 15.8. The number of hydrogen-bond acceptors (Lipinski definition) is 6. The highest BCUT2D eigenvalue weighted by atomic mass is 19.1. The minimum atomic E-state index is -1.21. The van der Waals surface area contributed by atoms with Crippen molar-refractivity contribution in [1.82, 2.24) is 15.2 Å². The van der Waals surface area contributed by atoms with E-state index in [1.54, 1.807) is 32.9 Å². The van der Waals surface area contributed by atoms with Gasteiger partial charge in [0.05, 0.1) is 17.3 Å². The number of rotatable bonds is 7. The maximum atomic E-state index is 14.2. The first-order valence-corrected chi connectivity index (χ1v) is 13.1. The Morgan fingerprint density at radius 2 is 1.79 bits per heavy atom. The smallest absolute Gasteiger partial charge is 0.417 e. The van der Waals surface area contributed by atoms with Crippen molar-refractivity contribution in [3.8, 4) is 11.1 Å². The quantitative estimate of drug-likeness (QED) is 0.419. The van der Waals surface area contributed by atoms with E-state index >= 15 is 0 Å². The van der Waals surface area contributed by atoms with Crippen LogP contribution in [-0.4, -0.2) is 45.3 Å². The van der Waals surface area contributed by atoms with Gasteiger partial charge in [0.15, 0.2) is 0 Å². The number of imide groups is 1. The van der Waals surface area contributed by atoms with Crippen LogP contribution in [-0.2, 0) is 20.7 Å². The van der Waals surface area contributed by atoms with E-state index in [0.29, 0.717) is 17.2 Å². The Morgan fingerprint density at radius 1 is 1.10 bits per heavy atom. The Balaban J connectivity index is 1.75. The van der Waals surface area contributed by atoms with E-state index in [0.717, 1.165) is 23.1 Å². The second kappa shape index (κ2) is 12.0. The lowest BCUT2D eigenvalue weighted by Gasteiger charge is -2.28. The molecule has 9 nitrogen and oxygen atoms in total. The van der Waals surface area contributed by atoms with Crippen molar-refractivity contribution in [3.63, 3.8) is 0 Å². The van der Waals surface area contributed by atoms with Crippen LogP contribution in [0.5, 0.6) is 0 Å². The van der Waals surface area contributed by atoms with Crippen LogP contribution in [0.15, 0.2) is 54.7 Å². The van der Waals surface area contributed by atoms with Crippen LogP contribution in [0.3, 0.4) is 0 Å². The van der Waals surface area contributed by atoms with Gasteiger partial charge in [-0.2, -0.15) is 0 Å². The molecule has 220 valence electrons. The first kappa shape index (κ1) is 30.2. The monoisotopic (exact) mass is 582 g/mol. The van der Waals surface area contributed by atoms with Crippen LogP contribution in [0, 0.1) is 17.5 Å². The maximum absolute atomic E-state index is 14.2. The minimum Gasteiger partial charge on any atom is -0.443 e. The van der Waals surface area contributed by atoms with Gasteiger partial charge in [0, 0.05) is 24.2 Å². The van der Waals surface area contributed by atoms with E-state index < -0.39 is 59.0 Å². The van der Waals surface area contributed by atoms with E-state index in [2.05, 4.69) is 10.3 Å². The number of nitrogens with zero attached hydrogens (tertiary/aromatic N) is 2. The lowest BCUT2D eigenvalue weighted by molar-refractivity contribution is -0.134. The van der Waals surface area contributed by atoms with Gasteiger partial charge in [-0.15, -0.1) is 0 Å². The third-order valence-corrected chi connectivity index (χ3v) is 6.49. The summed E-state index contributed by atoms with van der Waals surface area (Å²) in [5.74, 6) is -4.80. The number of carbonyl (C=O) groups excluding carboxylic acids is 4. The van der Waals surface area contributed by atoms with Crippen LogP contribution in [0.25, 0.3) is 11.1 Å². The summed E-state index contributed by atoms with van der Waals surface area (Å²) in [4.78, 5) is 55.9. The molecule has 2 aromatic carbocycles. The first-order valence-electron chi connectivity index (χ1n) is 13.1. The second-order valence-electron chi connectivity index (χ2n) is 10.8. The number of amides is 4. The van der Waals surface area contributed by atoms with Gasteiger partial charge in [-0.05, 0) is 75.1 Å². The van der Waals surface area contributed by atoms with Crippen molar-refractivity contribution in [3.05, 3.63) is 89.0 Å². The zero-order chi connectivity index (χ0) is 30.8. The summed E-state index contributed by atoms with van der Waals surface area (Å²) in [5.41, 5.74) is 5.13. The molecule has 3 N–H and O–H groups in total. The first-order chi connectivity index (χ1) is 19.7. The number of likely N-dealkylation sites (tertiary alicyclic amines) is 1. The standard InChI is InChI=1S/C30H29F3N4O5/c1-30(2,3)42-29(41)37-24(8-9-25(37)38)28(40)36-23(13-16-11-18(31)15-19(32)12-16)26-20(5-4-10-35-26)17-6-7-22(33)21(14-17)27(34)39/h4-7,10-12,14-15,23-24H,8-9,13H2,1-3H3,(H2,34,39)(H,36,40). The molecule has 0 radical (unpaired) electrons. The molecular weight excluding hydrogens is 553 g/mol. The molecule has 2 atom stereocenters. The number of primary amides is 1. The molecule has 42 heavy (non-hydrogen) atoms. The number of aromatic nitrogens is 1. The molecule has 3 aromatic rings. The predicted molar refractivity (Wildman–Crippen MR) is 145 cm³/mol. The van der Waals surface area contributed by atoms with Gasteiger partial charge in [-0.25, -0.2) is 22.9 Å². The molecule has 4 rings (SSSR count). The average Bonchev–Trinajstić information content (AvgIpc) is 3.28. The van der Waals surface area contributed by atoms with Gasteiger partial charge in [-0.3, -0.25) is 19.4 Å². The van der Waals surface area contributed by atoms with Gasteiger partial charge in [0.2, 0.25) is 11.8 Å². The fourth-order valence-electron chi connectivity index (χ4n) is 4.74. The lowest BCUT2D eigenvalue weighted by Crippen LogP contribution is -2.50. The summed E-state index contributed by atoms with van der Waals surface area (Å²) in [7, 11) is 0. The van der Waals surface area contributed by atoms with Crippen LogP contribution >= 0.6 is 0 Å². The summed E-state index contributed by atoms with van der Waals surface area (Å²) in [5, 5.41) is 2.78. The molecular formula is C30H29F3N4O5. The van der Waals surface area contributed by atoms with Crippen LogP contribution in [0.2, 0.25) is 0 Å². The molecule has 1 saturated heterocycles. The predicted octanol–water partition coefficient (Wildman–Crippen LogP) is 4.59. The Labute approximate surface area is 239 Å². The van der Waals surface area contributed by atoms with E-state index in [1.807, 2.05) is 0 Å². The third kappa shape index (κ3) is 6.93. The van der Waals surface area contributed by atoms with Gasteiger partial charge < -0.3 is 15.8 Å². The Hall–Kier alpha value is -4.74. The molecule has 0 bridgehead atoms. The summed E-state index contributed by atoms with van der Waals surface area (Å²) in [6.07, 6.45) is 0.256. The van der Waals surface area contributed by atoms with Crippen molar-refractivity contribution in [1.29, 1.82) is 0 Å². The molecule has 2 heterocycles. The molecule has 1 aromatic heterocycles. The zero-order valence-corrected chi connectivity index (χ0v) is 23.1. The number of benzene rings is 2. The number of halogens is 3. The topological polar surface area (TPSA) is 132 Å². The largest absolute Gasteiger partial charge is 0.443 e. The molecule has 1 aliphatic rings. The van der Waals surface area contributed by atoms with Crippen LogP contribution in [0.4, 0.5) is 18.0 Å². The summed E-state index contributed by atoms with van der Waals surface area (Å²) < 4.78 is 47.7. The van der Waals surface area contributed by atoms with Gasteiger partial charge in [-0.1, -0.05) is 12.1 Å². The van der Waals surface area contributed by atoms with E-state index in [4.69, 9.17) is 10.5 Å². The van der Waals surface area contributed by atoms with E-state index in [9.17, 15) is 32.3 Å². The molecule has 0 saturated carbocycles. The molecule has 12 heteroatoms. The summed E-state index contributed by atoms with van der Waals surface area (Å²) in [6, 6.07) is 7.51. The number of hydrogen-bond donors (Lipinski definition) is 2. The number of ether oxygens (including phenoxy) is 1. The van der Waals surface area contributed by atoms with Crippen molar-refractivity contribution in [2.24, 2.45) is 5.73 Å². The van der Waals surface area contributed by atoms with Crippen molar-refractivity contribution in [2.45, 2.75) is 57.7 Å². The van der Waals surface area contributed by atoms with E-state index in [-0.39, 0.29) is 36.1 Å². The molecule has 0 spiro atoms. The lowest BCUT2D eigenvalue weighted by atomic mass is 9.94. The highest BCUT2D eigenvalue weighted by Crippen LogP contribution is 2.31. The van der Waals surface area contributed by atoms with Crippen molar-refractivity contribution in [2.75, 3.05) is 0 Å². The fourth-order valence-corrected chi connectivity index (χ4v) is 4.74. The fraction of sp³-hybridized carbons (Fsp3) is 0.300. The van der Waals surface area contributed by atoms with Gasteiger partial charge >= 0.3 is 6.09 Å². The molecule has 1 aliphatic heterocycles. The maximum Gasteiger partial charge on any atom is 0.417 e. The molecule has 4 amide bonds. The van der Waals surface area contributed by atoms with Crippen LogP contribution < -0.4 is 11.1 Å². The third-order valence-electron chi connectivity index (χ3n) is 6.49. The SMILES string of the molecule is CC(C)(C)OC(=O)N1C(=O)CCC1C(=O)NC(Cc1cc(F)cc(F)c1)c1ncccc1-c1ccc(F)c(C(N)=O)c1. The number of nitrogens with one attached hydrogen (secondary N) is 1. The summed E-state index contributed by atoms with van der Waals surface area (Å²) >= 11 is 0. The Kier molecular flexibility index (Phi) is 8.64. The van der Waals surface area contributed by atoms with Crippen molar-refractivity contribution < 1.29 is 37.1 Å². The molecule has 0 aliphatic carbocycles. The van der Waals surface area contributed by atoms with Crippen molar-refractivity contribution >= 4 is 23.8 Å². The average molecular weight is 583 g/mol. The van der Waals surface area contributed by atoms with Crippen LogP contribution in [0.1, 0.15) is 61.3 Å². The Morgan fingerprint density at radius 3 is 2.43 bits per heavy atom. The second-order valence-corrected chi connectivity index (χ2v) is 10.8. The highest BCUT2D eigenvalue weighted by molar-refractivity contribution is 6.01. The summed E-state index contributed by atoms with van der Waals surface area (Å²) in [6.45, 7) is 4.86. The number of pyridine rings is 1. The van der Waals surface area contributed by atoms with Gasteiger partial charge in [0.1, 0.15) is 29.1 Å². The molecule has 1 fully saturated rings. The Bertz CT molecular complexity index is 1540. The number of nitrogens with two attached hydrogens (primary N) is 1. The zero-order valence-electron chi connectivity index (χ0n) is 23.1. The highest BCUT2D eigenvalue weighted by Gasteiger charge is 2.43. The minimum absolute atomic E-state index is 0.0280. The number of carbonyl (C=O) groups is 4.